The number of cyclic esters (lactones) is 1. The predicted molar refractivity (Wildman–Crippen MR) is 79.0 cm³/mol. The first-order valence-electron chi connectivity index (χ1n) is 6.93. The summed E-state index contributed by atoms with van der Waals surface area (Å²) >= 11 is 0. The van der Waals surface area contributed by atoms with Gasteiger partial charge < -0.3 is 19.3 Å². The third kappa shape index (κ3) is 2.63. The molecule has 0 radical (unpaired) electrons. The van der Waals surface area contributed by atoms with E-state index in [1.165, 1.54) is 7.11 Å². The van der Waals surface area contributed by atoms with Crippen molar-refractivity contribution in [3.05, 3.63) is 59.2 Å². The summed E-state index contributed by atoms with van der Waals surface area (Å²) in [5.41, 5.74) is 2.05. The van der Waals surface area contributed by atoms with E-state index in [-0.39, 0.29) is 6.61 Å². The number of aliphatic hydroxyl groups is 1. The largest absolute Gasteiger partial charge is 0.493 e. The summed E-state index contributed by atoms with van der Waals surface area (Å²) in [5.74, 6) is 0.522. The Bertz CT molecular complexity index is 681. The first-order valence-corrected chi connectivity index (χ1v) is 6.93. The number of carbonyl (C=O) groups excluding carboxylic acids is 1. The van der Waals surface area contributed by atoms with Gasteiger partial charge in [0.1, 0.15) is 6.61 Å². The quantitative estimate of drug-likeness (QED) is 0.859. The van der Waals surface area contributed by atoms with Crippen molar-refractivity contribution in [1.29, 1.82) is 0 Å². The maximum absolute atomic E-state index is 11.8. The van der Waals surface area contributed by atoms with Crippen molar-refractivity contribution in [1.82, 2.24) is 0 Å². The smallest absolute Gasteiger partial charge is 0.339 e. The van der Waals surface area contributed by atoms with E-state index in [1.807, 2.05) is 30.3 Å². The first kappa shape index (κ1) is 14.4. The summed E-state index contributed by atoms with van der Waals surface area (Å²) < 4.78 is 16.2. The van der Waals surface area contributed by atoms with Gasteiger partial charge in [0, 0.05) is 5.56 Å². The maximum Gasteiger partial charge on any atom is 0.339 e. The lowest BCUT2D eigenvalue weighted by Crippen LogP contribution is -2.03. The molecule has 0 fully saturated rings. The molecule has 2 aromatic carbocycles. The fourth-order valence-corrected chi connectivity index (χ4v) is 2.42. The SMILES string of the molecule is COc1cc2c(cc1OCc1ccccc1)[C@H](CO)OC2=O. The van der Waals surface area contributed by atoms with Crippen LogP contribution in [0.5, 0.6) is 11.5 Å². The first-order chi connectivity index (χ1) is 10.7. The summed E-state index contributed by atoms with van der Waals surface area (Å²) in [6.45, 7) is 0.123. The third-order valence-corrected chi connectivity index (χ3v) is 3.55. The second kappa shape index (κ2) is 6.07. The van der Waals surface area contributed by atoms with E-state index < -0.39 is 12.1 Å². The van der Waals surface area contributed by atoms with Crippen LogP contribution < -0.4 is 9.47 Å². The van der Waals surface area contributed by atoms with Gasteiger partial charge in [0.2, 0.25) is 0 Å². The lowest BCUT2D eigenvalue weighted by atomic mass is 10.0. The van der Waals surface area contributed by atoms with Gasteiger partial charge in [-0.1, -0.05) is 30.3 Å². The van der Waals surface area contributed by atoms with E-state index in [1.54, 1.807) is 12.1 Å². The van der Waals surface area contributed by atoms with Crippen molar-refractivity contribution in [2.45, 2.75) is 12.7 Å². The molecule has 1 heterocycles. The van der Waals surface area contributed by atoms with Crippen LogP contribution in [0.25, 0.3) is 0 Å². The number of aliphatic hydroxyl groups excluding tert-OH is 1. The molecular formula is C17H16O5. The zero-order valence-corrected chi connectivity index (χ0v) is 12.1. The van der Waals surface area contributed by atoms with Gasteiger partial charge in [-0.25, -0.2) is 4.79 Å². The molecule has 1 aliphatic heterocycles. The van der Waals surface area contributed by atoms with Crippen molar-refractivity contribution in [2.75, 3.05) is 13.7 Å². The highest BCUT2D eigenvalue weighted by Crippen LogP contribution is 2.39. The van der Waals surface area contributed by atoms with E-state index in [0.717, 1.165) is 5.56 Å². The second-order valence-electron chi connectivity index (χ2n) is 4.94. The van der Waals surface area contributed by atoms with Crippen LogP contribution in [-0.4, -0.2) is 24.8 Å². The van der Waals surface area contributed by atoms with Gasteiger partial charge in [-0.3, -0.25) is 0 Å². The number of methoxy groups -OCH3 is 1. The summed E-state index contributed by atoms with van der Waals surface area (Å²) in [6.07, 6.45) is -0.646. The Hall–Kier alpha value is -2.53. The summed E-state index contributed by atoms with van der Waals surface area (Å²) in [4.78, 5) is 11.8. The van der Waals surface area contributed by atoms with E-state index in [4.69, 9.17) is 14.2 Å². The molecule has 1 N–H and O–H groups in total. The van der Waals surface area contributed by atoms with E-state index in [9.17, 15) is 9.90 Å². The number of fused-ring (bicyclic) bond motifs is 1. The van der Waals surface area contributed by atoms with Crippen LogP contribution in [0.1, 0.15) is 27.6 Å². The van der Waals surface area contributed by atoms with Crippen molar-refractivity contribution in [2.24, 2.45) is 0 Å². The molecule has 1 aliphatic rings. The Labute approximate surface area is 128 Å². The minimum atomic E-state index is -0.646. The lowest BCUT2D eigenvalue weighted by molar-refractivity contribution is 0.0235. The Morgan fingerprint density at radius 2 is 1.95 bits per heavy atom. The Morgan fingerprint density at radius 3 is 2.64 bits per heavy atom. The van der Waals surface area contributed by atoms with Crippen molar-refractivity contribution < 1.29 is 24.1 Å². The van der Waals surface area contributed by atoms with Gasteiger partial charge in [0.05, 0.1) is 19.3 Å². The monoisotopic (exact) mass is 300 g/mol. The molecule has 0 amide bonds. The molecule has 0 saturated heterocycles. The van der Waals surface area contributed by atoms with Crippen LogP contribution in [0, 0.1) is 0 Å². The van der Waals surface area contributed by atoms with Crippen LogP contribution in [0.2, 0.25) is 0 Å². The van der Waals surface area contributed by atoms with Crippen LogP contribution in [-0.2, 0) is 11.3 Å². The summed E-state index contributed by atoms with van der Waals surface area (Å²) in [7, 11) is 1.51. The number of hydrogen-bond acceptors (Lipinski definition) is 5. The Kier molecular flexibility index (Phi) is 3.98. The van der Waals surface area contributed by atoms with E-state index in [2.05, 4.69) is 0 Å². The predicted octanol–water partition coefficient (Wildman–Crippen LogP) is 2.48. The minimum Gasteiger partial charge on any atom is -0.493 e. The third-order valence-electron chi connectivity index (χ3n) is 3.55. The average Bonchev–Trinajstić information content (AvgIpc) is 2.88. The lowest BCUT2D eigenvalue weighted by Gasteiger charge is -2.13. The summed E-state index contributed by atoms with van der Waals surface area (Å²) in [5, 5.41) is 9.31. The van der Waals surface area contributed by atoms with Gasteiger partial charge in [-0.15, -0.1) is 0 Å². The molecule has 5 nitrogen and oxygen atoms in total. The van der Waals surface area contributed by atoms with Gasteiger partial charge in [0.15, 0.2) is 17.6 Å². The van der Waals surface area contributed by atoms with Gasteiger partial charge in [0.25, 0.3) is 0 Å². The highest BCUT2D eigenvalue weighted by molar-refractivity contribution is 5.95. The number of rotatable bonds is 5. The molecule has 0 unspecified atom stereocenters. The fraction of sp³-hybridized carbons (Fsp3) is 0.235. The molecule has 2 aromatic rings. The van der Waals surface area contributed by atoms with Gasteiger partial charge in [-0.05, 0) is 17.7 Å². The molecule has 0 aliphatic carbocycles. The second-order valence-corrected chi connectivity index (χ2v) is 4.94. The maximum atomic E-state index is 11.8. The molecule has 0 bridgehead atoms. The molecule has 114 valence electrons. The Balaban J connectivity index is 1.89. The number of ether oxygens (including phenoxy) is 3. The molecular weight excluding hydrogens is 284 g/mol. The van der Waals surface area contributed by atoms with Crippen LogP contribution in [0.3, 0.4) is 0 Å². The van der Waals surface area contributed by atoms with Crippen LogP contribution in [0.15, 0.2) is 42.5 Å². The number of esters is 1. The highest BCUT2D eigenvalue weighted by atomic mass is 16.6. The van der Waals surface area contributed by atoms with Crippen LogP contribution >= 0.6 is 0 Å². The van der Waals surface area contributed by atoms with E-state index >= 15 is 0 Å². The fourth-order valence-electron chi connectivity index (χ4n) is 2.42. The normalized spacial score (nSPS) is 16.1. The Morgan fingerprint density at radius 1 is 1.18 bits per heavy atom. The van der Waals surface area contributed by atoms with Gasteiger partial charge in [-0.2, -0.15) is 0 Å². The molecule has 1 atom stereocenters. The van der Waals surface area contributed by atoms with Gasteiger partial charge >= 0.3 is 5.97 Å². The zero-order chi connectivity index (χ0) is 15.5. The minimum absolute atomic E-state index is 0.261. The standard InChI is InChI=1S/C17H16O5/c1-20-14-8-13-12(16(9-18)22-17(13)19)7-15(14)21-10-11-5-3-2-4-6-11/h2-8,16,18H,9-10H2,1H3/t16-/m0/s1. The zero-order valence-electron chi connectivity index (χ0n) is 12.1. The molecule has 22 heavy (non-hydrogen) atoms. The number of hydrogen-bond donors (Lipinski definition) is 1. The molecule has 0 aromatic heterocycles. The number of carbonyl (C=O) groups is 1. The van der Waals surface area contributed by atoms with Crippen molar-refractivity contribution >= 4 is 5.97 Å². The average molecular weight is 300 g/mol. The molecule has 0 spiro atoms. The molecule has 3 rings (SSSR count). The molecule has 0 saturated carbocycles. The highest BCUT2D eigenvalue weighted by Gasteiger charge is 2.32. The van der Waals surface area contributed by atoms with Crippen LogP contribution in [0.4, 0.5) is 0 Å². The topological polar surface area (TPSA) is 65.0 Å². The van der Waals surface area contributed by atoms with Crippen molar-refractivity contribution in [3.63, 3.8) is 0 Å². The summed E-state index contributed by atoms with van der Waals surface area (Å²) in [6, 6.07) is 13.0. The molecule has 5 heteroatoms. The van der Waals surface area contributed by atoms with Crippen molar-refractivity contribution in [3.8, 4) is 11.5 Å². The number of benzene rings is 2. The van der Waals surface area contributed by atoms with E-state index in [0.29, 0.717) is 29.2 Å².